The highest BCUT2D eigenvalue weighted by atomic mass is 32.1. The molecule has 2 aromatic heterocycles. The molecule has 2 rings (SSSR count). The molecule has 0 atom stereocenters. The number of imidazole rings is 1. The van der Waals surface area contributed by atoms with Crippen LogP contribution in [0.1, 0.15) is 30.4 Å². The highest BCUT2D eigenvalue weighted by Gasteiger charge is 2.10. The van der Waals surface area contributed by atoms with Gasteiger partial charge in [0.05, 0.1) is 18.6 Å². The first-order chi connectivity index (χ1) is 8.22. The summed E-state index contributed by atoms with van der Waals surface area (Å²) >= 11 is 1.42. The Bertz CT molecular complexity index is 488. The number of nitrogens with zero attached hydrogens (tertiary/aromatic N) is 4. The summed E-state index contributed by atoms with van der Waals surface area (Å²) in [4.78, 5) is 4.29. The third-order valence-electron chi connectivity index (χ3n) is 2.76. The Morgan fingerprint density at radius 1 is 1.41 bits per heavy atom. The van der Waals surface area contributed by atoms with Gasteiger partial charge in [0.25, 0.3) is 0 Å². The molecule has 0 amide bonds. The number of hydrogen-bond acceptors (Lipinski definition) is 5. The highest BCUT2D eigenvalue weighted by molar-refractivity contribution is 7.10. The van der Waals surface area contributed by atoms with E-state index in [1.54, 1.807) is 0 Å². The van der Waals surface area contributed by atoms with Gasteiger partial charge in [-0.25, -0.2) is 4.98 Å². The summed E-state index contributed by atoms with van der Waals surface area (Å²) in [6.45, 7) is 7.92. The van der Waals surface area contributed by atoms with Gasteiger partial charge in [-0.05, 0) is 20.3 Å². The number of nitrogens with one attached hydrogen (secondary N) is 1. The van der Waals surface area contributed by atoms with Gasteiger partial charge >= 0.3 is 0 Å². The van der Waals surface area contributed by atoms with Crippen LogP contribution in [0.15, 0.2) is 6.33 Å². The van der Waals surface area contributed by atoms with Crippen molar-refractivity contribution in [2.24, 2.45) is 0 Å². The molecule has 2 heterocycles. The second kappa shape index (κ2) is 5.27. The highest BCUT2D eigenvalue weighted by Crippen LogP contribution is 2.19. The topological polar surface area (TPSA) is 55.6 Å². The molecule has 6 heteroatoms. The standard InChI is InChI=1S/C11H17N5S/c1-4-5-12-11-10(14-15-17-11)6-16-7-13-8(2)9(16)3/h7,12H,4-6H2,1-3H3. The van der Waals surface area contributed by atoms with Crippen molar-refractivity contribution in [3.05, 3.63) is 23.4 Å². The van der Waals surface area contributed by atoms with Crippen molar-refractivity contribution in [3.63, 3.8) is 0 Å². The Morgan fingerprint density at radius 3 is 2.88 bits per heavy atom. The van der Waals surface area contributed by atoms with E-state index in [1.165, 1.54) is 17.2 Å². The predicted molar refractivity (Wildman–Crippen MR) is 69.5 cm³/mol. The maximum Gasteiger partial charge on any atom is 0.135 e. The average Bonchev–Trinajstić information content (AvgIpc) is 2.89. The van der Waals surface area contributed by atoms with Crippen LogP contribution in [-0.2, 0) is 6.54 Å². The predicted octanol–water partition coefficient (Wildman–Crippen LogP) is 2.22. The SMILES string of the molecule is CCCNc1snnc1Cn1cnc(C)c1C. The van der Waals surface area contributed by atoms with Crippen LogP contribution in [0.4, 0.5) is 5.00 Å². The number of aryl methyl sites for hydroxylation is 1. The van der Waals surface area contributed by atoms with E-state index < -0.39 is 0 Å². The maximum atomic E-state index is 4.29. The van der Waals surface area contributed by atoms with Crippen molar-refractivity contribution < 1.29 is 0 Å². The van der Waals surface area contributed by atoms with Crippen LogP contribution in [0, 0.1) is 13.8 Å². The molecule has 1 N–H and O–H groups in total. The second-order valence-corrected chi connectivity index (χ2v) is 4.77. The molecule has 0 aromatic carbocycles. The Morgan fingerprint density at radius 2 is 2.24 bits per heavy atom. The molecule has 0 saturated heterocycles. The molecule has 0 aliphatic rings. The lowest BCUT2D eigenvalue weighted by molar-refractivity contribution is 0.744. The summed E-state index contributed by atoms with van der Waals surface area (Å²) in [5, 5.41) is 8.59. The van der Waals surface area contributed by atoms with Gasteiger partial charge in [0.2, 0.25) is 0 Å². The molecule has 92 valence electrons. The third-order valence-corrected chi connectivity index (χ3v) is 3.48. The first-order valence-electron chi connectivity index (χ1n) is 5.75. The maximum absolute atomic E-state index is 4.29. The Hall–Kier alpha value is -1.43. The first-order valence-corrected chi connectivity index (χ1v) is 6.53. The van der Waals surface area contributed by atoms with Crippen LogP contribution in [0.25, 0.3) is 0 Å². The number of rotatable bonds is 5. The van der Waals surface area contributed by atoms with Gasteiger partial charge in [-0.15, -0.1) is 5.10 Å². The molecule has 17 heavy (non-hydrogen) atoms. The van der Waals surface area contributed by atoms with Gasteiger partial charge in [-0.1, -0.05) is 11.4 Å². The average molecular weight is 251 g/mol. The van der Waals surface area contributed by atoms with E-state index >= 15 is 0 Å². The Labute approximate surface area is 105 Å². The van der Waals surface area contributed by atoms with E-state index in [9.17, 15) is 0 Å². The third kappa shape index (κ3) is 2.63. The minimum atomic E-state index is 0.731. The lowest BCUT2D eigenvalue weighted by Crippen LogP contribution is -2.06. The van der Waals surface area contributed by atoms with Gasteiger partial charge in [-0.2, -0.15) is 0 Å². The van der Waals surface area contributed by atoms with Crippen molar-refractivity contribution in [2.75, 3.05) is 11.9 Å². The molecule has 0 saturated carbocycles. The lowest BCUT2D eigenvalue weighted by atomic mass is 10.3. The first kappa shape index (κ1) is 12.0. The van der Waals surface area contributed by atoms with Crippen molar-refractivity contribution in [3.8, 4) is 0 Å². The number of anilines is 1. The van der Waals surface area contributed by atoms with Crippen molar-refractivity contribution >= 4 is 16.5 Å². The van der Waals surface area contributed by atoms with Crippen LogP contribution in [0.5, 0.6) is 0 Å². The van der Waals surface area contributed by atoms with Crippen LogP contribution in [0.2, 0.25) is 0 Å². The van der Waals surface area contributed by atoms with E-state index in [4.69, 9.17) is 0 Å². The Balaban J connectivity index is 2.13. The van der Waals surface area contributed by atoms with E-state index in [2.05, 4.69) is 38.3 Å². The molecule has 0 bridgehead atoms. The molecule has 0 aliphatic heterocycles. The summed E-state index contributed by atoms with van der Waals surface area (Å²) < 4.78 is 6.10. The van der Waals surface area contributed by atoms with Crippen LogP contribution < -0.4 is 5.32 Å². The zero-order chi connectivity index (χ0) is 12.3. The van der Waals surface area contributed by atoms with Crippen LogP contribution >= 0.6 is 11.5 Å². The van der Waals surface area contributed by atoms with E-state index in [0.29, 0.717) is 0 Å². The monoisotopic (exact) mass is 251 g/mol. The molecule has 0 spiro atoms. The summed E-state index contributed by atoms with van der Waals surface area (Å²) in [6, 6.07) is 0. The van der Waals surface area contributed by atoms with Crippen molar-refractivity contribution in [1.82, 2.24) is 19.1 Å². The van der Waals surface area contributed by atoms with E-state index in [-0.39, 0.29) is 0 Å². The molecule has 0 fully saturated rings. The van der Waals surface area contributed by atoms with Gasteiger partial charge in [0.1, 0.15) is 10.7 Å². The molecular formula is C11H17N5S. The summed E-state index contributed by atoms with van der Waals surface area (Å²) in [5.41, 5.74) is 3.24. The quantitative estimate of drug-likeness (QED) is 0.885. The van der Waals surface area contributed by atoms with Gasteiger partial charge in [0, 0.05) is 23.8 Å². The lowest BCUT2D eigenvalue weighted by Gasteiger charge is -2.06. The smallest absolute Gasteiger partial charge is 0.135 e. The van der Waals surface area contributed by atoms with Crippen molar-refractivity contribution in [1.29, 1.82) is 0 Å². The number of aromatic nitrogens is 4. The fraction of sp³-hybridized carbons (Fsp3) is 0.545. The summed E-state index contributed by atoms with van der Waals surface area (Å²) in [7, 11) is 0. The zero-order valence-corrected chi connectivity index (χ0v) is 11.2. The van der Waals surface area contributed by atoms with Crippen molar-refractivity contribution in [2.45, 2.75) is 33.7 Å². The van der Waals surface area contributed by atoms with Crippen LogP contribution in [0.3, 0.4) is 0 Å². The molecule has 0 radical (unpaired) electrons. The van der Waals surface area contributed by atoms with E-state index in [1.807, 2.05) is 13.3 Å². The van der Waals surface area contributed by atoms with Gasteiger partial charge < -0.3 is 9.88 Å². The molecule has 5 nitrogen and oxygen atoms in total. The number of hydrogen-bond donors (Lipinski definition) is 1. The summed E-state index contributed by atoms with van der Waals surface area (Å²) in [5.74, 6) is 0. The minimum Gasteiger partial charge on any atom is -0.374 e. The minimum absolute atomic E-state index is 0.731. The van der Waals surface area contributed by atoms with Crippen LogP contribution in [-0.4, -0.2) is 25.7 Å². The normalized spacial score (nSPS) is 10.8. The van der Waals surface area contributed by atoms with Gasteiger partial charge in [-0.3, -0.25) is 0 Å². The molecule has 0 aliphatic carbocycles. The molecule has 0 unspecified atom stereocenters. The van der Waals surface area contributed by atoms with Gasteiger partial charge in [0.15, 0.2) is 0 Å². The molecular weight excluding hydrogens is 234 g/mol. The molecule has 2 aromatic rings. The van der Waals surface area contributed by atoms with E-state index in [0.717, 1.165) is 35.9 Å². The Kier molecular flexibility index (Phi) is 3.73. The zero-order valence-electron chi connectivity index (χ0n) is 10.4. The fourth-order valence-corrected chi connectivity index (χ4v) is 2.15. The second-order valence-electron chi connectivity index (χ2n) is 4.02. The summed E-state index contributed by atoms with van der Waals surface area (Å²) in [6.07, 6.45) is 2.95. The largest absolute Gasteiger partial charge is 0.374 e. The fourth-order valence-electron chi connectivity index (χ4n) is 1.55.